The Bertz CT molecular complexity index is 1030. The van der Waals surface area contributed by atoms with Gasteiger partial charge in [0, 0.05) is 11.8 Å². The number of rotatable bonds is 4. The van der Waals surface area contributed by atoms with Crippen LogP contribution in [-0.2, 0) is 0 Å². The van der Waals surface area contributed by atoms with E-state index in [1.807, 2.05) is 19.1 Å². The van der Waals surface area contributed by atoms with Gasteiger partial charge >= 0.3 is 0 Å². The van der Waals surface area contributed by atoms with Crippen LogP contribution in [-0.4, -0.2) is 27.9 Å². The lowest BCUT2D eigenvalue weighted by atomic mass is 10.2. The van der Waals surface area contributed by atoms with Gasteiger partial charge in [0.25, 0.3) is 11.5 Å². The van der Waals surface area contributed by atoms with Gasteiger partial charge in [-0.25, -0.2) is 0 Å². The molecule has 0 aliphatic carbocycles. The van der Waals surface area contributed by atoms with Gasteiger partial charge in [0.2, 0.25) is 0 Å². The molecular formula is C19H17N3O4. The van der Waals surface area contributed by atoms with Crippen molar-refractivity contribution in [3.05, 3.63) is 76.2 Å². The minimum absolute atomic E-state index is 0.0209. The topological polar surface area (TPSA) is 93.5 Å². The quantitative estimate of drug-likeness (QED) is 0.753. The Balaban J connectivity index is 2.06. The predicted molar refractivity (Wildman–Crippen MR) is 97.2 cm³/mol. The number of hydrogen-bond donors (Lipinski definition) is 2. The molecule has 0 radical (unpaired) electrons. The fourth-order valence-corrected chi connectivity index (χ4v) is 2.50. The number of aromatic nitrogens is 2. The van der Waals surface area contributed by atoms with Crippen molar-refractivity contribution < 1.29 is 14.6 Å². The number of benzene rings is 2. The maximum atomic E-state index is 12.6. The molecule has 2 N–H and O–H groups in total. The van der Waals surface area contributed by atoms with Crippen molar-refractivity contribution in [2.45, 2.75) is 6.92 Å². The highest BCUT2D eigenvalue weighted by Crippen LogP contribution is 2.20. The second-order valence-corrected chi connectivity index (χ2v) is 5.60. The Morgan fingerprint density at radius 1 is 1.15 bits per heavy atom. The molecule has 0 saturated carbocycles. The Morgan fingerprint density at radius 3 is 2.62 bits per heavy atom. The van der Waals surface area contributed by atoms with E-state index in [1.54, 1.807) is 24.3 Å². The van der Waals surface area contributed by atoms with Crippen molar-refractivity contribution in [2.24, 2.45) is 0 Å². The number of methoxy groups -OCH3 is 1. The predicted octanol–water partition coefficient (Wildman–Crippen LogP) is 2.51. The first-order valence-electron chi connectivity index (χ1n) is 7.84. The Labute approximate surface area is 149 Å². The summed E-state index contributed by atoms with van der Waals surface area (Å²) >= 11 is 0. The van der Waals surface area contributed by atoms with E-state index in [1.165, 1.54) is 25.3 Å². The number of para-hydroxylation sites is 1. The molecule has 7 nitrogen and oxygen atoms in total. The number of phenolic OH excluding ortho intramolecular Hbond substituents is 1. The number of carbonyl (C=O) groups is 1. The van der Waals surface area contributed by atoms with E-state index in [9.17, 15) is 14.7 Å². The number of hydrogen-bond acceptors (Lipinski definition) is 5. The normalized spacial score (nSPS) is 10.4. The van der Waals surface area contributed by atoms with E-state index in [2.05, 4.69) is 10.4 Å². The summed E-state index contributed by atoms with van der Waals surface area (Å²) in [5, 5.41) is 16.3. The molecule has 3 aromatic rings. The van der Waals surface area contributed by atoms with Gasteiger partial charge in [-0.1, -0.05) is 24.3 Å². The molecule has 1 aromatic heterocycles. The minimum atomic E-state index is -0.560. The van der Waals surface area contributed by atoms with Crippen molar-refractivity contribution in [2.75, 3.05) is 12.4 Å². The monoisotopic (exact) mass is 351 g/mol. The lowest BCUT2D eigenvalue weighted by Crippen LogP contribution is -2.26. The number of carbonyl (C=O) groups excluding carboxylic acids is 1. The number of phenols is 1. The molecule has 0 atom stereocenters. The van der Waals surface area contributed by atoms with Gasteiger partial charge in [-0.05, 0) is 30.7 Å². The van der Waals surface area contributed by atoms with Crippen molar-refractivity contribution in [3.63, 3.8) is 0 Å². The highest BCUT2D eigenvalue weighted by molar-refractivity contribution is 6.04. The molecule has 7 heteroatoms. The largest absolute Gasteiger partial charge is 0.508 e. The van der Waals surface area contributed by atoms with Crippen LogP contribution in [0.4, 0.5) is 5.69 Å². The van der Waals surface area contributed by atoms with Crippen LogP contribution in [0.1, 0.15) is 16.1 Å². The number of aryl methyl sites for hydroxylation is 1. The highest BCUT2D eigenvalue weighted by atomic mass is 16.5. The lowest BCUT2D eigenvalue weighted by molar-refractivity contribution is 0.101. The summed E-state index contributed by atoms with van der Waals surface area (Å²) in [6.07, 6.45) is 0. The van der Waals surface area contributed by atoms with Crippen LogP contribution >= 0.6 is 0 Å². The summed E-state index contributed by atoms with van der Waals surface area (Å²) < 4.78 is 6.31. The summed E-state index contributed by atoms with van der Waals surface area (Å²) in [5.41, 5.74) is 1.36. The average molecular weight is 351 g/mol. The van der Waals surface area contributed by atoms with Crippen molar-refractivity contribution >= 4 is 11.6 Å². The number of ether oxygens (including phenoxy) is 1. The fraction of sp³-hybridized carbons (Fsp3) is 0.105. The number of nitrogens with zero attached hydrogens (tertiary/aromatic N) is 2. The zero-order chi connectivity index (χ0) is 18.7. The maximum absolute atomic E-state index is 12.6. The van der Waals surface area contributed by atoms with Crippen LogP contribution in [0.3, 0.4) is 0 Å². The van der Waals surface area contributed by atoms with Gasteiger partial charge in [0.1, 0.15) is 5.75 Å². The highest BCUT2D eigenvalue weighted by Gasteiger charge is 2.19. The van der Waals surface area contributed by atoms with Crippen LogP contribution < -0.4 is 15.6 Å². The third-order valence-electron chi connectivity index (χ3n) is 3.78. The number of amides is 1. The molecule has 1 heterocycles. The standard InChI is InChI=1S/C19H17N3O4/c1-12-6-3-4-9-15(12)22-17(24)11-16(26-2)18(21-22)19(25)20-13-7-5-8-14(23)10-13/h3-11,23H,1-2H3,(H,20,25). The third kappa shape index (κ3) is 3.41. The molecule has 0 aliphatic heterocycles. The maximum Gasteiger partial charge on any atom is 0.280 e. The minimum Gasteiger partial charge on any atom is -0.508 e. The molecule has 0 aliphatic rings. The summed E-state index contributed by atoms with van der Waals surface area (Å²) in [5.74, 6) is -0.472. The van der Waals surface area contributed by atoms with E-state index in [-0.39, 0.29) is 17.2 Å². The van der Waals surface area contributed by atoms with E-state index in [0.29, 0.717) is 11.4 Å². The van der Waals surface area contributed by atoms with Crippen LogP contribution in [0.15, 0.2) is 59.4 Å². The second-order valence-electron chi connectivity index (χ2n) is 5.60. The molecule has 26 heavy (non-hydrogen) atoms. The first-order chi connectivity index (χ1) is 12.5. The summed E-state index contributed by atoms with van der Waals surface area (Å²) in [6.45, 7) is 1.85. The zero-order valence-electron chi connectivity index (χ0n) is 14.3. The number of aromatic hydroxyl groups is 1. The van der Waals surface area contributed by atoms with Crippen LogP contribution in [0.25, 0.3) is 5.69 Å². The first kappa shape index (κ1) is 17.2. The molecule has 0 bridgehead atoms. The summed E-state index contributed by atoms with van der Waals surface area (Å²) in [6, 6.07) is 14.6. The molecule has 0 spiro atoms. The lowest BCUT2D eigenvalue weighted by Gasteiger charge is -2.12. The van der Waals surface area contributed by atoms with E-state index >= 15 is 0 Å². The Kier molecular flexibility index (Phi) is 4.70. The SMILES string of the molecule is COc1cc(=O)n(-c2ccccc2C)nc1C(=O)Nc1cccc(O)c1. The van der Waals surface area contributed by atoms with Crippen molar-refractivity contribution in [3.8, 4) is 17.2 Å². The van der Waals surface area contributed by atoms with Gasteiger partial charge in [-0.15, -0.1) is 0 Å². The Hall–Kier alpha value is -3.61. The molecule has 1 amide bonds. The first-order valence-corrected chi connectivity index (χ1v) is 7.84. The van der Waals surface area contributed by atoms with Crippen LogP contribution in [0.2, 0.25) is 0 Å². The van der Waals surface area contributed by atoms with Crippen molar-refractivity contribution in [1.82, 2.24) is 9.78 Å². The molecule has 0 fully saturated rings. The third-order valence-corrected chi connectivity index (χ3v) is 3.78. The second kappa shape index (κ2) is 7.10. The molecule has 2 aromatic carbocycles. The van der Waals surface area contributed by atoms with E-state index < -0.39 is 11.5 Å². The average Bonchev–Trinajstić information content (AvgIpc) is 2.62. The van der Waals surface area contributed by atoms with E-state index in [4.69, 9.17) is 4.74 Å². The van der Waals surface area contributed by atoms with Gasteiger partial charge < -0.3 is 15.2 Å². The van der Waals surface area contributed by atoms with Crippen LogP contribution in [0.5, 0.6) is 11.5 Å². The van der Waals surface area contributed by atoms with E-state index in [0.717, 1.165) is 10.2 Å². The molecule has 0 saturated heterocycles. The summed E-state index contributed by atoms with van der Waals surface area (Å²) in [4.78, 5) is 25.0. The molecule has 3 rings (SSSR count). The van der Waals surface area contributed by atoms with Gasteiger partial charge in [0.15, 0.2) is 11.4 Å². The number of anilines is 1. The van der Waals surface area contributed by atoms with Crippen molar-refractivity contribution in [1.29, 1.82) is 0 Å². The van der Waals surface area contributed by atoms with Gasteiger partial charge in [0.05, 0.1) is 18.9 Å². The molecule has 0 unspecified atom stereocenters. The van der Waals surface area contributed by atoms with Gasteiger partial charge in [-0.3, -0.25) is 9.59 Å². The number of nitrogens with one attached hydrogen (secondary N) is 1. The zero-order valence-corrected chi connectivity index (χ0v) is 14.3. The smallest absolute Gasteiger partial charge is 0.280 e. The van der Waals surface area contributed by atoms with Gasteiger partial charge in [-0.2, -0.15) is 9.78 Å². The summed E-state index contributed by atoms with van der Waals surface area (Å²) in [7, 11) is 1.36. The fourth-order valence-electron chi connectivity index (χ4n) is 2.50. The van der Waals surface area contributed by atoms with Crippen LogP contribution in [0, 0.1) is 6.92 Å². The molecule has 132 valence electrons. The Morgan fingerprint density at radius 2 is 1.92 bits per heavy atom. The molecular weight excluding hydrogens is 334 g/mol.